The zero-order valence-corrected chi connectivity index (χ0v) is 19.6. The third-order valence-corrected chi connectivity index (χ3v) is 7.58. The third kappa shape index (κ3) is 3.04. The molecule has 0 radical (unpaired) electrons. The van der Waals surface area contributed by atoms with Gasteiger partial charge in [-0.2, -0.15) is 0 Å². The Kier molecular flexibility index (Phi) is 5.27. The van der Waals surface area contributed by atoms with Crippen LogP contribution in [0.4, 0.5) is 0 Å². The Hall–Kier alpha value is -4.02. The summed E-state index contributed by atoms with van der Waals surface area (Å²) in [6.07, 6.45) is 3.50. The van der Waals surface area contributed by atoms with Gasteiger partial charge in [0.15, 0.2) is 11.4 Å². The molecule has 3 aliphatic carbocycles. The molecular weight excluding hydrogens is 466 g/mol. The van der Waals surface area contributed by atoms with E-state index in [2.05, 4.69) is 4.98 Å². The van der Waals surface area contributed by atoms with Crippen molar-refractivity contribution in [2.75, 3.05) is 14.1 Å². The molecule has 1 aromatic heterocycles. The summed E-state index contributed by atoms with van der Waals surface area (Å²) in [6, 6.07) is 5.60. The number of fused-ring (bicyclic) bond motifs is 3. The summed E-state index contributed by atoms with van der Waals surface area (Å²) in [7, 11) is 3.18. The van der Waals surface area contributed by atoms with Crippen LogP contribution in [-0.2, 0) is 16.0 Å². The minimum absolute atomic E-state index is 0.0304. The number of primary amides is 1. The first kappa shape index (κ1) is 23.7. The molecule has 4 atom stereocenters. The lowest BCUT2D eigenvalue weighted by Gasteiger charge is -2.50. The second-order valence-corrected chi connectivity index (χ2v) is 9.69. The number of pyridine rings is 1. The van der Waals surface area contributed by atoms with E-state index in [1.807, 2.05) is 6.07 Å². The molecule has 1 heterocycles. The van der Waals surface area contributed by atoms with E-state index in [4.69, 9.17) is 5.73 Å². The van der Waals surface area contributed by atoms with Gasteiger partial charge in [-0.15, -0.1) is 0 Å². The number of aromatic hydroxyl groups is 1. The highest BCUT2D eigenvalue weighted by molar-refractivity contribution is 6.24. The molecule has 5 rings (SSSR count). The molecule has 36 heavy (non-hydrogen) atoms. The van der Waals surface area contributed by atoms with Crippen LogP contribution in [0.5, 0.6) is 5.75 Å². The largest absolute Gasteiger partial charge is 0.510 e. The number of aromatic nitrogens is 1. The number of nitrogens with two attached hydrogens (primary N) is 1. The molecule has 10 heteroatoms. The van der Waals surface area contributed by atoms with Gasteiger partial charge in [0.25, 0.3) is 5.91 Å². The maximum absolute atomic E-state index is 13.7. The number of carbonyl (C=O) groups excluding carboxylic acids is 3. The second kappa shape index (κ2) is 8.00. The number of benzene rings is 1. The molecule has 1 amide bonds. The van der Waals surface area contributed by atoms with Crippen molar-refractivity contribution < 1.29 is 34.8 Å². The Labute approximate surface area is 206 Å². The highest BCUT2D eigenvalue weighted by atomic mass is 16.3. The van der Waals surface area contributed by atoms with Crippen molar-refractivity contribution in [1.82, 2.24) is 9.88 Å². The molecule has 0 aliphatic heterocycles. The van der Waals surface area contributed by atoms with Gasteiger partial charge in [-0.25, -0.2) is 0 Å². The van der Waals surface area contributed by atoms with Gasteiger partial charge in [0.1, 0.15) is 22.8 Å². The van der Waals surface area contributed by atoms with Crippen LogP contribution in [0.3, 0.4) is 0 Å². The minimum atomic E-state index is -2.65. The highest BCUT2D eigenvalue weighted by Gasteiger charge is 2.63. The molecule has 4 unspecified atom stereocenters. The summed E-state index contributed by atoms with van der Waals surface area (Å²) in [5.41, 5.74) is 3.62. The Morgan fingerprint density at radius 1 is 1.17 bits per heavy atom. The summed E-state index contributed by atoms with van der Waals surface area (Å²) < 4.78 is 0. The average molecular weight is 492 g/mol. The van der Waals surface area contributed by atoms with Crippen LogP contribution < -0.4 is 5.73 Å². The fraction of sp³-hybridized carbons (Fsp3) is 0.308. The van der Waals surface area contributed by atoms with Crippen LogP contribution >= 0.6 is 0 Å². The topological polar surface area (TPSA) is 174 Å². The van der Waals surface area contributed by atoms with Crippen LogP contribution in [0.25, 0.3) is 11.1 Å². The molecule has 10 nitrogen and oxygen atoms in total. The molecule has 0 bridgehead atoms. The summed E-state index contributed by atoms with van der Waals surface area (Å²) in [5, 5.41) is 44.4. The Bertz CT molecular complexity index is 1400. The zero-order valence-electron chi connectivity index (χ0n) is 19.6. The van der Waals surface area contributed by atoms with Crippen molar-refractivity contribution in [2.45, 2.75) is 24.5 Å². The van der Waals surface area contributed by atoms with E-state index in [1.165, 1.54) is 11.0 Å². The Morgan fingerprint density at radius 3 is 2.50 bits per heavy atom. The number of rotatable bonds is 3. The summed E-state index contributed by atoms with van der Waals surface area (Å²) in [5.74, 6) is -6.71. The van der Waals surface area contributed by atoms with Gasteiger partial charge in [-0.1, -0.05) is 12.1 Å². The fourth-order valence-corrected chi connectivity index (χ4v) is 6.04. The first-order chi connectivity index (χ1) is 17.0. The number of allylic oxidation sites excluding steroid dienone is 1. The predicted molar refractivity (Wildman–Crippen MR) is 127 cm³/mol. The van der Waals surface area contributed by atoms with E-state index in [0.717, 1.165) is 5.56 Å². The van der Waals surface area contributed by atoms with E-state index in [-0.39, 0.29) is 29.7 Å². The van der Waals surface area contributed by atoms with Crippen LogP contribution in [-0.4, -0.2) is 73.5 Å². The van der Waals surface area contributed by atoms with E-state index in [9.17, 15) is 34.8 Å². The number of ketones is 2. The lowest BCUT2D eigenvalue weighted by Crippen LogP contribution is -2.63. The summed E-state index contributed by atoms with van der Waals surface area (Å²) in [6.45, 7) is 0. The van der Waals surface area contributed by atoms with Crippen LogP contribution in [0.2, 0.25) is 0 Å². The zero-order chi connectivity index (χ0) is 26.1. The quantitative estimate of drug-likeness (QED) is 0.395. The number of hydrogen-bond donors (Lipinski definition) is 5. The number of phenols is 1. The molecule has 0 spiro atoms. The number of carbonyl (C=O) groups is 3. The van der Waals surface area contributed by atoms with Gasteiger partial charge in [-0.05, 0) is 56.1 Å². The lowest BCUT2D eigenvalue weighted by molar-refractivity contribution is -0.148. The number of likely N-dealkylation sites (N-methyl/N-ethyl adjacent to an activating group) is 1. The van der Waals surface area contributed by atoms with Crippen molar-refractivity contribution >= 4 is 17.5 Å². The number of aliphatic hydroxyl groups excluding tert-OH is 2. The normalized spacial score (nSPS) is 27.6. The smallest absolute Gasteiger partial charge is 0.255 e. The third-order valence-electron chi connectivity index (χ3n) is 7.58. The number of phenolic OH excluding ortho intramolecular Hbond substituents is 1. The maximum Gasteiger partial charge on any atom is 0.255 e. The second-order valence-electron chi connectivity index (χ2n) is 9.69. The molecule has 3 aliphatic rings. The molecule has 0 saturated heterocycles. The van der Waals surface area contributed by atoms with Crippen molar-refractivity contribution in [3.8, 4) is 16.9 Å². The number of hydrogen-bond acceptors (Lipinski definition) is 9. The van der Waals surface area contributed by atoms with Gasteiger partial charge in [0.05, 0.1) is 11.6 Å². The maximum atomic E-state index is 13.7. The summed E-state index contributed by atoms with van der Waals surface area (Å²) in [4.78, 5) is 44.7. The van der Waals surface area contributed by atoms with Gasteiger partial charge in [0, 0.05) is 29.4 Å². The molecule has 0 saturated carbocycles. The first-order valence-corrected chi connectivity index (χ1v) is 11.4. The molecule has 0 fully saturated rings. The molecule has 2 aromatic rings. The van der Waals surface area contributed by atoms with Crippen molar-refractivity contribution in [3.05, 3.63) is 70.5 Å². The first-order valence-electron chi connectivity index (χ1n) is 11.4. The van der Waals surface area contributed by atoms with Crippen LogP contribution in [0.15, 0.2) is 59.3 Å². The SMILES string of the molecule is CN(C)C1C(O)=C(C(N)=O)C(=O)C2(O)C(O)=C3C(=O)c4c(O)ccc(-c5cccnc5)c4CC3CC12. The lowest BCUT2D eigenvalue weighted by atomic mass is 9.58. The monoisotopic (exact) mass is 491 g/mol. The Balaban J connectivity index is 1.73. The average Bonchev–Trinajstić information content (AvgIpc) is 2.81. The number of aliphatic hydroxyl groups is 3. The molecule has 6 N–H and O–H groups in total. The molecule has 1 aromatic carbocycles. The van der Waals surface area contributed by atoms with E-state index in [1.54, 1.807) is 38.6 Å². The van der Waals surface area contributed by atoms with E-state index in [0.29, 0.717) is 11.1 Å². The number of nitrogens with zero attached hydrogens (tertiary/aromatic N) is 2. The molecule has 186 valence electrons. The fourth-order valence-electron chi connectivity index (χ4n) is 6.04. The van der Waals surface area contributed by atoms with Crippen molar-refractivity contribution in [2.24, 2.45) is 17.6 Å². The minimum Gasteiger partial charge on any atom is -0.510 e. The van der Waals surface area contributed by atoms with Crippen molar-refractivity contribution in [1.29, 1.82) is 0 Å². The standard InChI is InChI=1S/C26H25N3O7/c1-29(2)20-15-9-12-8-14-13(11-4-3-7-28-10-11)5-6-16(30)18(14)21(31)17(12)23(33)26(15,36)24(34)19(22(20)32)25(27)35/h3-7,10,12,15,20,30,32-33,36H,8-9H2,1-2H3,(H2,27,35). The molecular formula is C26H25N3O7. The van der Waals surface area contributed by atoms with E-state index >= 15 is 0 Å². The van der Waals surface area contributed by atoms with Crippen LogP contribution in [0, 0.1) is 11.8 Å². The van der Waals surface area contributed by atoms with Gasteiger partial charge in [0.2, 0.25) is 5.78 Å². The summed E-state index contributed by atoms with van der Waals surface area (Å²) >= 11 is 0. The predicted octanol–water partition coefficient (Wildman–Crippen LogP) is 1.18. The number of Topliss-reactive ketones (excluding diaryl/α,β-unsaturated/α-hetero) is 2. The van der Waals surface area contributed by atoms with Gasteiger partial charge in [-0.3, -0.25) is 24.3 Å². The van der Waals surface area contributed by atoms with E-state index < -0.39 is 58.0 Å². The van der Waals surface area contributed by atoms with Crippen molar-refractivity contribution in [3.63, 3.8) is 0 Å². The van der Waals surface area contributed by atoms with Gasteiger partial charge >= 0.3 is 0 Å². The van der Waals surface area contributed by atoms with Gasteiger partial charge < -0.3 is 26.2 Å². The Morgan fingerprint density at radius 2 is 1.89 bits per heavy atom. The van der Waals surface area contributed by atoms with Crippen LogP contribution in [0.1, 0.15) is 22.3 Å². The highest BCUT2D eigenvalue weighted by Crippen LogP contribution is 2.53. The number of amides is 1.